The number of carbonyl (C=O) groups excluding carboxylic acids is 10. The quantitative estimate of drug-likeness (QED) is 0.0297. The first-order chi connectivity index (χ1) is 35.3. The summed E-state index contributed by atoms with van der Waals surface area (Å²) in [4.78, 5) is 124. The van der Waals surface area contributed by atoms with Crippen LogP contribution in [0, 0.1) is 0 Å². The molecule has 0 saturated heterocycles. The lowest BCUT2D eigenvalue weighted by atomic mass is 10.2. The lowest BCUT2D eigenvalue weighted by molar-refractivity contribution is -0.122. The molecule has 0 aromatic rings. The second kappa shape index (κ2) is 48.6. The zero-order valence-corrected chi connectivity index (χ0v) is 46.0. The number of ether oxygens (including phenoxy) is 3. The Kier molecular flexibility index (Phi) is 45.7. The molecule has 0 heterocycles. The van der Waals surface area contributed by atoms with E-state index in [2.05, 4.69) is 93.0 Å². The van der Waals surface area contributed by atoms with E-state index in [9.17, 15) is 47.9 Å². The van der Waals surface area contributed by atoms with Gasteiger partial charge >= 0.3 is 12.2 Å². The SMILES string of the molecule is O=C(CS)NCCCCCC(=O)NCCN(CCNC(=O)CCCCCNC(=O)CS)C(=O)OCCOCCOC(=O)N(CCNC(=O)CCCCCNC(=O)CS)CCNC(=O)CCCCCNC(=O)CS. The Balaban J connectivity index is 5.04. The first kappa shape index (κ1) is 68.7. The molecule has 0 saturated carbocycles. The standard InChI is InChI=1S/C46H84N10O13S4/c57-37(13-5-1-9-17-47-41(61)33-70)51-21-25-55(26-22-52-38(58)14-6-2-10-18-48-42(62)34-71)45(65)68-31-29-67-30-32-69-46(66)56(27-23-53-39(59)15-7-3-11-19-49-43(63)35-72)28-24-54-40(60)16-8-4-12-20-50-44(64)36-73/h70-73H,1-36H2,(H,47,61)(H,48,62)(H,49,63)(H,50,64)(H,51,57)(H,52,58)(H,53,59)(H,54,60). The molecule has 73 heavy (non-hydrogen) atoms. The molecule has 0 unspecified atom stereocenters. The molecule has 0 spiro atoms. The fourth-order valence-electron chi connectivity index (χ4n) is 6.41. The van der Waals surface area contributed by atoms with Crippen molar-refractivity contribution in [1.82, 2.24) is 52.3 Å². The molecule has 0 atom stereocenters. The minimum Gasteiger partial charge on any atom is -0.447 e. The highest BCUT2D eigenvalue weighted by molar-refractivity contribution is 7.81. The molecule has 0 aliphatic heterocycles. The Morgan fingerprint density at radius 3 is 0.753 bits per heavy atom. The number of rotatable bonds is 46. The number of hydrogen-bond acceptors (Lipinski definition) is 17. The van der Waals surface area contributed by atoms with Crippen molar-refractivity contribution in [1.29, 1.82) is 0 Å². The van der Waals surface area contributed by atoms with Crippen LogP contribution in [0.2, 0.25) is 0 Å². The number of thiol groups is 4. The third-order valence-corrected chi connectivity index (χ3v) is 11.6. The molecule has 0 aliphatic rings. The van der Waals surface area contributed by atoms with E-state index in [1.165, 1.54) is 9.80 Å². The minimum atomic E-state index is -0.690. The summed E-state index contributed by atoms with van der Waals surface area (Å²) in [6.45, 7) is 2.66. The van der Waals surface area contributed by atoms with Crippen LogP contribution in [-0.4, -0.2) is 197 Å². The Morgan fingerprint density at radius 2 is 0.521 bits per heavy atom. The van der Waals surface area contributed by atoms with E-state index in [0.717, 1.165) is 51.4 Å². The van der Waals surface area contributed by atoms with Crippen molar-refractivity contribution in [2.45, 2.75) is 103 Å². The molecule has 420 valence electrons. The van der Waals surface area contributed by atoms with Gasteiger partial charge in [-0.1, -0.05) is 25.7 Å². The molecule has 10 amide bonds. The van der Waals surface area contributed by atoms with Crippen LogP contribution >= 0.6 is 50.5 Å². The molecule has 0 aromatic carbocycles. The first-order valence-electron chi connectivity index (χ1n) is 25.2. The Hall–Kier alpha value is -4.34. The van der Waals surface area contributed by atoms with Crippen LogP contribution in [0.4, 0.5) is 9.59 Å². The topological polar surface area (TPSA) is 301 Å². The van der Waals surface area contributed by atoms with Gasteiger partial charge in [-0.15, -0.1) is 0 Å². The van der Waals surface area contributed by atoms with E-state index >= 15 is 0 Å². The fourth-order valence-corrected chi connectivity index (χ4v) is 6.86. The van der Waals surface area contributed by atoms with Crippen molar-refractivity contribution in [3.05, 3.63) is 0 Å². The molecule has 0 fully saturated rings. The number of unbranched alkanes of at least 4 members (excludes halogenated alkanes) is 8. The van der Waals surface area contributed by atoms with Gasteiger partial charge in [0, 0.05) is 104 Å². The van der Waals surface area contributed by atoms with Gasteiger partial charge in [-0.2, -0.15) is 50.5 Å². The van der Waals surface area contributed by atoms with Crippen LogP contribution in [0.25, 0.3) is 0 Å². The largest absolute Gasteiger partial charge is 0.447 e. The van der Waals surface area contributed by atoms with Crippen LogP contribution in [0.15, 0.2) is 0 Å². The maximum Gasteiger partial charge on any atom is 0.409 e. The van der Waals surface area contributed by atoms with Gasteiger partial charge in [0.15, 0.2) is 0 Å². The number of nitrogens with one attached hydrogen (secondary N) is 8. The normalized spacial score (nSPS) is 10.6. The van der Waals surface area contributed by atoms with E-state index in [-0.39, 0.29) is 175 Å². The van der Waals surface area contributed by atoms with E-state index < -0.39 is 12.2 Å². The van der Waals surface area contributed by atoms with Crippen LogP contribution in [0.5, 0.6) is 0 Å². The highest BCUT2D eigenvalue weighted by Gasteiger charge is 2.18. The molecular formula is C46H84N10O13S4. The second-order valence-corrected chi connectivity index (χ2v) is 17.8. The molecule has 0 bridgehead atoms. The van der Waals surface area contributed by atoms with Gasteiger partial charge in [-0.05, 0) is 51.4 Å². The summed E-state index contributed by atoms with van der Waals surface area (Å²) in [5, 5.41) is 22.1. The summed E-state index contributed by atoms with van der Waals surface area (Å²) in [6.07, 6.45) is 8.05. The van der Waals surface area contributed by atoms with E-state index in [1.807, 2.05) is 0 Å². The fraction of sp³-hybridized carbons (Fsp3) is 0.783. The third kappa shape index (κ3) is 43.7. The smallest absolute Gasteiger partial charge is 0.409 e. The van der Waals surface area contributed by atoms with Crippen molar-refractivity contribution >= 4 is 110 Å². The number of amides is 10. The number of nitrogens with zero attached hydrogens (tertiary/aromatic N) is 2. The summed E-state index contributed by atoms with van der Waals surface area (Å²) >= 11 is 15.7. The predicted octanol–water partition coefficient (Wildman–Crippen LogP) is 0.771. The summed E-state index contributed by atoms with van der Waals surface area (Å²) < 4.78 is 16.4. The minimum absolute atomic E-state index is 0.0301. The van der Waals surface area contributed by atoms with Crippen molar-refractivity contribution < 1.29 is 62.2 Å². The average Bonchev–Trinajstić information content (AvgIpc) is 3.38. The van der Waals surface area contributed by atoms with Crippen molar-refractivity contribution in [3.8, 4) is 0 Å². The summed E-state index contributed by atoms with van der Waals surface area (Å²) in [5.74, 6) is -0.932. The molecule has 0 radical (unpaired) electrons. The maximum atomic E-state index is 13.1. The molecule has 0 rings (SSSR count). The van der Waals surface area contributed by atoms with Crippen LogP contribution in [-0.2, 0) is 52.6 Å². The molecule has 23 nitrogen and oxygen atoms in total. The summed E-state index contributed by atoms with van der Waals surface area (Å²) in [6, 6.07) is 0. The lowest BCUT2D eigenvalue weighted by Crippen LogP contribution is -2.43. The maximum absolute atomic E-state index is 13.1. The van der Waals surface area contributed by atoms with Gasteiger partial charge < -0.3 is 66.5 Å². The first-order valence-corrected chi connectivity index (χ1v) is 27.8. The monoisotopic (exact) mass is 1110 g/mol. The predicted molar refractivity (Wildman–Crippen MR) is 290 cm³/mol. The van der Waals surface area contributed by atoms with Crippen molar-refractivity contribution in [2.75, 3.05) is 128 Å². The molecule has 0 aliphatic carbocycles. The average molecular weight is 1110 g/mol. The van der Waals surface area contributed by atoms with E-state index in [1.54, 1.807) is 0 Å². The zero-order chi connectivity index (χ0) is 54.2. The molecule has 8 N–H and O–H groups in total. The zero-order valence-electron chi connectivity index (χ0n) is 42.4. The number of carbonyl (C=O) groups is 10. The Bertz CT molecular complexity index is 1410. The third-order valence-electron chi connectivity index (χ3n) is 10.4. The lowest BCUT2D eigenvalue weighted by Gasteiger charge is -2.23. The Labute approximate surface area is 453 Å². The van der Waals surface area contributed by atoms with Gasteiger partial charge in [0.1, 0.15) is 13.2 Å². The highest BCUT2D eigenvalue weighted by Crippen LogP contribution is 2.04. The second-order valence-electron chi connectivity index (χ2n) is 16.5. The number of hydrogen-bond donors (Lipinski definition) is 12. The van der Waals surface area contributed by atoms with Crippen molar-refractivity contribution in [3.63, 3.8) is 0 Å². The summed E-state index contributed by atoms with van der Waals surface area (Å²) in [5.41, 5.74) is 0. The summed E-state index contributed by atoms with van der Waals surface area (Å²) in [7, 11) is 0. The molecule has 0 aromatic heterocycles. The molecular weight excluding hydrogens is 1030 g/mol. The van der Waals surface area contributed by atoms with Gasteiger partial charge in [0.05, 0.1) is 36.2 Å². The van der Waals surface area contributed by atoms with E-state index in [4.69, 9.17) is 14.2 Å². The van der Waals surface area contributed by atoms with Gasteiger partial charge in [-0.25, -0.2) is 9.59 Å². The van der Waals surface area contributed by atoms with Crippen LogP contribution in [0.3, 0.4) is 0 Å². The van der Waals surface area contributed by atoms with Crippen molar-refractivity contribution in [2.24, 2.45) is 0 Å². The van der Waals surface area contributed by atoms with Crippen LogP contribution < -0.4 is 42.5 Å². The van der Waals surface area contributed by atoms with E-state index in [0.29, 0.717) is 51.9 Å². The molecule has 27 heteroatoms. The van der Waals surface area contributed by atoms with Crippen LogP contribution in [0.1, 0.15) is 103 Å². The van der Waals surface area contributed by atoms with Gasteiger partial charge in [0.2, 0.25) is 47.3 Å². The van der Waals surface area contributed by atoms with Gasteiger partial charge in [0.25, 0.3) is 0 Å². The van der Waals surface area contributed by atoms with Gasteiger partial charge in [-0.3, -0.25) is 38.4 Å². The Morgan fingerprint density at radius 1 is 0.288 bits per heavy atom. The highest BCUT2D eigenvalue weighted by atomic mass is 32.1.